The first-order chi connectivity index (χ1) is 13.2. The lowest BCUT2D eigenvalue weighted by molar-refractivity contribution is 0.101. The van der Waals surface area contributed by atoms with Crippen LogP contribution >= 0.6 is 23.1 Å². The van der Waals surface area contributed by atoms with E-state index in [9.17, 15) is 9.59 Å². The fraction of sp³-hybridized carbons (Fsp3) is 0.0476. The van der Waals surface area contributed by atoms with Crippen LogP contribution in [0.15, 0.2) is 78.1 Å². The molecule has 0 atom stereocenters. The number of nitrogens with zero attached hydrogens (tertiary/aromatic N) is 2. The molecular weight excluding hydrogens is 376 g/mol. The van der Waals surface area contributed by atoms with Gasteiger partial charge in [0.2, 0.25) is 5.78 Å². The van der Waals surface area contributed by atoms with E-state index >= 15 is 0 Å². The van der Waals surface area contributed by atoms with E-state index in [2.05, 4.69) is 9.97 Å². The van der Waals surface area contributed by atoms with Crippen molar-refractivity contribution < 1.29 is 9.59 Å². The number of thiophene rings is 1. The van der Waals surface area contributed by atoms with Crippen LogP contribution in [0, 0.1) is 0 Å². The van der Waals surface area contributed by atoms with E-state index in [1.807, 2.05) is 42.5 Å². The number of rotatable bonds is 6. The Bertz CT molecular complexity index is 1110. The molecule has 0 radical (unpaired) electrons. The van der Waals surface area contributed by atoms with Gasteiger partial charge in [0, 0.05) is 16.5 Å². The Balaban J connectivity index is 1.58. The molecule has 0 aliphatic heterocycles. The van der Waals surface area contributed by atoms with Crippen molar-refractivity contribution in [2.24, 2.45) is 0 Å². The molecule has 0 amide bonds. The first kappa shape index (κ1) is 17.6. The van der Waals surface area contributed by atoms with Crippen molar-refractivity contribution in [3.63, 3.8) is 0 Å². The number of benzene rings is 2. The van der Waals surface area contributed by atoms with Crippen molar-refractivity contribution in [3.8, 4) is 0 Å². The van der Waals surface area contributed by atoms with Gasteiger partial charge in [0.15, 0.2) is 5.78 Å². The fourth-order valence-corrected chi connectivity index (χ4v) is 4.53. The highest BCUT2D eigenvalue weighted by atomic mass is 32.2. The Labute approximate surface area is 164 Å². The molecule has 2 heterocycles. The summed E-state index contributed by atoms with van der Waals surface area (Å²) in [7, 11) is 0. The number of carbonyl (C=O) groups excluding carboxylic acids is 2. The monoisotopic (exact) mass is 390 g/mol. The molecule has 0 fully saturated rings. The summed E-state index contributed by atoms with van der Waals surface area (Å²) in [6.07, 6.45) is 1.48. The van der Waals surface area contributed by atoms with E-state index in [-0.39, 0.29) is 17.3 Å². The van der Waals surface area contributed by atoms with Gasteiger partial charge in [0.1, 0.15) is 16.2 Å². The SMILES string of the molecule is O=C(CSc1ncnc2sc(C(=O)c3ccccc3)cc12)c1ccccc1. The second kappa shape index (κ2) is 7.82. The fourth-order valence-electron chi connectivity index (χ4n) is 2.63. The van der Waals surface area contributed by atoms with Gasteiger partial charge < -0.3 is 0 Å². The van der Waals surface area contributed by atoms with Gasteiger partial charge in [-0.1, -0.05) is 72.4 Å². The van der Waals surface area contributed by atoms with E-state index in [0.29, 0.717) is 21.0 Å². The lowest BCUT2D eigenvalue weighted by Crippen LogP contribution is -2.02. The number of aromatic nitrogens is 2. The maximum absolute atomic E-state index is 12.7. The molecule has 4 aromatic rings. The summed E-state index contributed by atoms with van der Waals surface area (Å²) >= 11 is 2.71. The molecule has 2 aromatic heterocycles. The average Bonchev–Trinajstić information content (AvgIpc) is 3.17. The minimum absolute atomic E-state index is 0.0325. The van der Waals surface area contributed by atoms with Gasteiger partial charge in [0.05, 0.1) is 10.6 Å². The predicted molar refractivity (Wildman–Crippen MR) is 109 cm³/mol. The van der Waals surface area contributed by atoms with Crippen LogP contribution in [0.1, 0.15) is 25.6 Å². The number of hydrogen-bond donors (Lipinski definition) is 0. The highest BCUT2D eigenvalue weighted by molar-refractivity contribution is 8.00. The van der Waals surface area contributed by atoms with Gasteiger partial charge in [-0.3, -0.25) is 9.59 Å². The Kier molecular flexibility index (Phi) is 5.09. The maximum atomic E-state index is 12.7. The Morgan fingerprint density at radius 1 is 0.889 bits per heavy atom. The molecule has 2 aromatic carbocycles. The van der Waals surface area contributed by atoms with E-state index in [4.69, 9.17) is 0 Å². The Morgan fingerprint density at radius 3 is 2.26 bits per heavy atom. The molecule has 0 aliphatic rings. The molecule has 0 bridgehead atoms. The topological polar surface area (TPSA) is 59.9 Å². The summed E-state index contributed by atoms with van der Waals surface area (Å²) in [5.74, 6) is 0.298. The second-order valence-corrected chi connectivity index (χ2v) is 7.78. The van der Waals surface area contributed by atoms with Gasteiger partial charge in [-0.15, -0.1) is 11.3 Å². The zero-order chi connectivity index (χ0) is 18.6. The standard InChI is InChI=1S/C21H14N2O2S2/c24-17(14-7-3-1-4-8-14)12-26-20-16-11-18(27-21(16)23-13-22-20)19(25)15-9-5-2-6-10-15/h1-11,13H,12H2. The second-order valence-electron chi connectivity index (χ2n) is 5.78. The molecule has 0 unspecified atom stereocenters. The van der Waals surface area contributed by atoms with Crippen LogP contribution in [-0.4, -0.2) is 27.3 Å². The number of Topliss-reactive ketones (excluding diaryl/α,β-unsaturated/α-hetero) is 1. The van der Waals surface area contributed by atoms with Crippen LogP contribution in [0.3, 0.4) is 0 Å². The highest BCUT2D eigenvalue weighted by Crippen LogP contribution is 2.32. The van der Waals surface area contributed by atoms with E-state index < -0.39 is 0 Å². The third-order valence-electron chi connectivity index (χ3n) is 3.99. The molecule has 0 spiro atoms. The van der Waals surface area contributed by atoms with Gasteiger partial charge in [-0.05, 0) is 6.07 Å². The third-order valence-corrected chi connectivity index (χ3v) is 6.04. The Morgan fingerprint density at radius 2 is 1.56 bits per heavy atom. The molecule has 6 heteroatoms. The summed E-state index contributed by atoms with van der Waals surface area (Å²) in [5, 5.41) is 1.53. The van der Waals surface area contributed by atoms with Crippen LogP contribution in [0.5, 0.6) is 0 Å². The highest BCUT2D eigenvalue weighted by Gasteiger charge is 2.16. The molecule has 132 valence electrons. The van der Waals surface area contributed by atoms with Gasteiger partial charge >= 0.3 is 0 Å². The molecule has 4 rings (SSSR count). The van der Waals surface area contributed by atoms with E-state index in [1.54, 1.807) is 24.3 Å². The molecule has 0 saturated heterocycles. The number of carbonyl (C=O) groups is 2. The molecule has 4 nitrogen and oxygen atoms in total. The number of hydrogen-bond acceptors (Lipinski definition) is 6. The van der Waals surface area contributed by atoms with Crippen molar-refractivity contribution in [3.05, 3.63) is 89.1 Å². The van der Waals surface area contributed by atoms with Crippen molar-refractivity contribution in [2.75, 3.05) is 5.75 Å². The average molecular weight is 390 g/mol. The third kappa shape index (κ3) is 3.82. The van der Waals surface area contributed by atoms with E-state index in [1.165, 1.54) is 29.4 Å². The summed E-state index contributed by atoms with van der Waals surface area (Å²) in [4.78, 5) is 35.0. The summed E-state index contributed by atoms with van der Waals surface area (Å²) in [6, 6.07) is 20.2. The number of thioether (sulfide) groups is 1. The summed E-state index contributed by atoms with van der Waals surface area (Å²) in [6.45, 7) is 0. The zero-order valence-electron chi connectivity index (χ0n) is 14.2. The lowest BCUT2D eigenvalue weighted by Gasteiger charge is -2.02. The summed E-state index contributed by atoms with van der Waals surface area (Å²) < 4.78 is 0. The van der Waals surface area contributed by atoms with Crippen molar-refractivity contribution in [1.29, 1.82) is 0 Å². The predicted octanol–water partition coefficient (Wildman–Crippen LogP) is 4.90. The molecular formula is C21H14N2O2S2. The molecule has 0 N–H and O–H groups in total. The van der Waals surface area contributed by atoms with E-state index in [0.717, 1.165) is 10.2 Å². The van der Waals surface area contributed by atoms with Gasteiger partial charge in [-0.25, -0.2) is 9.97 Å². The van der Waals surface area contributed by atoms with Crippen molar-refractivity contribution in [1.82, 2.24) is 9.97 Å². The van der Waals surface area contributed by atoms with Gasteiger partial charge in [-0.2, -0.15) is 0 Å². The molecule has 0 saturated carbocycles. The maximum Gasteiger partial charge on any atom is 0.203 e. The van der Waals surface area contributed by atoms with Crippen LogP contribution in [-0.2, 0) is 0 Å². The minimum Gasteiger partial charge on any atom is -0.293 e. The lowest BCUT2D eigenvalue weighted by atomic mass is 10.1. The largest absolute Gasteiger partial charge is 0.293 e. The molecule has 0 aliphatic carbocycles. The quantitative estimate of drug-likeness (QED) is 0.266. The minimum atomic E-state index is -0.0325. The van der Waals surface area contributed by atoms with Crippen LogP contribution in [0.25, 0.3) is 10.2 Å². The first-order valence-electron chi connectivity index (χ1n) is 8.28. The van der Waals surface area contributed by atoms with Crippen LogP contribution in [0.4, 0.5) is 0 Å². The van der Waals surface area contributed by atoms with Crippen molar-refractivity contribution in [2.45, 2.75) is 5.03 Å². The number of fused-ring (bicyclic) bond motifs is 1. The van der Waals surface area contributed by atoms with Crippen molar-refractivity contribution >= 4 is 44.9 Å². The zero-order valence-corrected chi connectivity index (χ0v) is 15.8. The smallest absolute Gasteiger partial charge is 0.203 e. The van der Waals surface area contributed by atoms with Crippen LogP contribution in [0.2, 0.25) is 0 Å². The first-order valence-corrected chi connectivity index (χ1v) is 10.1. The summed E-state index contributed by atoms with van der Waals surface area (Å²) in [5.41, 5.74) is 1.33. The molecule has 27 heavy (non-hydrogen) atoms. The number of ketones is 2. The Hall–Kier alpha value is -2.83. The van der Waals surface area contributed by atoms with Gasteiger partial charge in [0.25, 0.3) is 0 Å². The van der Waals surface area contributed by atoms with Crippen LogP contribution < -0.4 is 0 Å². The normalized spacial score (nSPS) is 10.8.